The van der Waals surface area contributed by atoms with Gasteiger partial charge in [0.25, 0.3) is 0 Å². The fourth-order valence-electron chi connectivity index (χ4n) is 1.97. The van der Waals surface area contributed by atoms with E-state index in [9.17, 15) is 8.78 Å². The van der Waals surface area contributed by atoms with E-state index < -0.39 is 11.6 Å². The van der Waals surface area contributed by atoms with Gasteiger partial charge < -0.3 is 9.88 Å². The molecule has 17 heavy (non-hydrogen) atoms. The van der Waals surface area contributed by atoms with Crippen molar-refractivity contribution in [2.75, 3.05) is 6.54 Å². The minimum absolute atomic E-state index is 0.158. The van der Waals surface area contributed by atoms with Crippen molar-refractivity contribution in [1.29, 1.82) is 0 Å². The number of rotatable bonds is 1. The number of nitrogens with zero attached hydrogens (tertiary/aromatic N) is 3. The van der Waals surface area contributed by atoms with E-state index in [0.29, 0.717) is 18.9 Å². The lowest BCUT2D eigenvalue weighted by Crippen LogP contribution is -2.28. The van der Waals surface area contributed by atoms with Crippen LogP contribution in [0.15, 0.2) is 18.2 Å². The molecule has 0 spiro atoms. The summed E-state index contributed by atoms with van der Waals surface area (Å²) in [5, 5.41) is 11.0. The van der Waals surface area contributed by atoms with E-state index in [1.165, 1.54) is 12.1 Å². The van der Waals surface area contributed by atoms with Crippen molar-refractivity contribution in [2.24, 2.45) is 0 Å². The normalized spacial score (nSPS) is 14.7. The fraction of sp³-hybridized carbons (Fsp3) is 0.273. The van der Waals surface area contributed by atoms with E-state index in [1.54, 1.807) is 0 Å². The van der Waals surface area contributed by atoms with E-state index in [1.807, 2.05) is 4.57 Å². The Morgan fingerprint density at radius 1 is 1.24 bits per heavy atom. The largest absolute Gasteiger partial charge is 0.309 e. The quantitative estimate of drug-likeness (QED) is 0.812. The van der Waals surface area contributed by atoms with E-state index in [4.69, 9.17) is 0 Å². The number of benzene rings is 1. The zero-order chi connectivity index (χ0) is 11.8. The predicted molar refractivity (Wildman–Crippen MR) is 57.1 cm³/mol. The Morgan fingerprint density at radius 2 is 2.12 bits per heavy atom. The van der Waals surface area contributed by atoms with Gasteiger partial charge in [-0.15, -0.1) is 10.2 Å². The zero-order valence-corrected chi connectivity index (χ0v) is 8.95. The van der Waals surface area contributed by atoms with Gasteiger partial charge in [0.15, 0.2) is 17.5 Å². The van der Waals surface area contributed by atoms with Gasteiger partial charge in [0.1, 0.15) is 5.82 Å². The van der Waals surface area contributed by atoms with Crippen LogP contribution < -0.4 is 5.32 Å². The monoisotopic (exact) mass is 236 g/mol. The Hall–Kier alpha value is -1.82. The molecule has 0 amide bonds. The standard InChI is InChI=1S/C11H10F2N4/c12-8-3-1-2-7(10(8)13)11-16-15-9-6-14-4-5-17(9)11/h1-3,14H,4-6H2. The average Bonchev–Trinajstić information content (AvgIpc) is 2.77. The number of hydrogen-bond donors (Lipinski definition) is 1. The van der Waals surface area contributed by atoms with Crippen LogP contribution in [-0.2, 0) is 13.1 Å². The number of hydrogen-bond acceptors (Lipinski definition) is 3. The van der Waals surface area contributed by atoms with Crippen molar-refractivity contribution in [3.63, 3.8) is 0 Å². The van der Waals surface area contributed by atoms with Crippen LogP contribution in [0.25, 0.3) is 11.4 Å². The lowest BCUT2D eigenvalue weighted by molar-refractivity contribution is 0.499. The first-order valence-corrected chi connectivity index (χ1v) is 5.34. The first-order chi connectivity index (χ1) is 8.27. The summed E-state index contributed by atoms with van der Waals surface area (Å²) >= 11 is 0. The van der Waals surface area contributed by atoms with Crippen molar-refractivity contribution in [3.8, 4) is 11.4 Å². The summed E-state index contributed by atoms with van der Waals surface area (Å²) < 4.78 is 28.6. The summed E-state index contributed by atoms with van der Waals surface area (Å²) in [4.78, 5) is 0. The van der Waals surface area contributed by atoms with E-state index in [2.05, 4.69) is 15.5 Å². The third-order valence-corrected chi connectivity index (χ3v) is 2.82. The molecule has 1 aromatic heterocycles. The van der Waals surface area contributed by atoms with Crippen molar-refractivity contribution in [3.05, 3.63) is 35.7 Å². The third-order valence-electron chi connectivity index (χ3n) is 2.82. The summed E-state index contributed by atoms with van der Waals surface area (Å²) in [6.45, 7) is 2.03. The van der Waals surface area contributed by atoms with Gasteiger partial charge in [-0.3, -0.25) is 0 Å². The molecule has 0 bridgehead atoms. The van der Waals surface area contributed by atoms with Crippen molar-refractivity contribution in [1.82, 2.24) is 20.1 Å². The molecule has 6 heteroatoms. The number of nitrogens with one attached hydrogen (secondary N) is 1. The average molecular weight is 236 g/mol. The SMILES string of the molecule is Fc1cccc(-c2nnc3n2CCNC3)c1F. The second-order valence-corrected chi connectivity index (χ2v) is 3.87. The molecule has 0 aliphatic carbocycles. The molecule has 0 saturated heterocycles. The van der Waals surface area contributed by atoms with Crippen LogP contribution in [0, 0.1) is 11.6 Å². The molecule has 2 aromatic rings. The van der Waals surface area contributed by atoms with Gasteiger partial charge in [0.2, 0.25) is 0 Å². The molecule has 88 valence electrons. The van der Waals surface area contributed by atoms with Crippen molar-refractivity contribution in [2.45, 2.75) is 13.1 Å². The second kappa shape index (κ2) is 3.89. The van der Waals surface area contributed by atoms with E-state index in [-0.39, 0.29) is 5.56 Å². The van der Waals surface area contributed by atoms with Gasteiger partial charge in [-0.05, 0) is 12.1 Å². The molecule has 2 heterocycles. The second-order valence-electron chi connectivity index (χ2n) is 3.87. The highest BCUT2D eigenvalue weighted by molar-refractivity contribution is 5.56. The fourth-order valence-corrected chi connectivity index (χ4v) is 1.97. The number of fused-ring (bicyclic) bond motifs is 1. The predicted octanol–water partition coefficient (Wildman–Crippen LogP) is 1.33. The minimum atomic E-state index is -0.874. The van der Waals surface area contributed by atoms with Crippen LogP contribution in [-0.4, -0.2) is 21.3 Å². The molecule has 1 N–H and O–H groups in total. The Kier molecular flexibility index (Phi) is 2.36. The van der Waals surface area contributed by atoms with Crippen LogP contribution in [0.1, 0.15) is 5.82 Å². The molecule has 0 radical (unpaired) electrons. The lowest BCUT2D eigenvalue weighted by atomic mass is 10.2. The van der Waals surface area contributed by atoms with Crippen LogP contribution in [0.2, 0.25) is 0 Å². The smallest absolute Gasteiger partial charge is 0.169 e. The minimum Gasteiger partial charge on any atom is -0.309 e. The highest BCUT2D eigenvalue weighted by atomic mass is 19.2. The first-order valence-electron chi connectivity index (χ1n) is 5.34. The molecule has 4 nitrogen and oxygen atoms in total. The first kappa shape index (κ1) is 10.3. The molecule has 1 aliphatic heterocycles. The number of halogens is 2. The van der Waals surface area contributed by atoms with Gasteiger partial charge in [0, 0.05) is 13.1 Å². The Bertz CT molecular complexity index is 565. The van der Waals surface area contributed by atoms with Crippen LogP contribution in [0.5, 0.6) is 0 Å². The molecule has 0 unspecified atom stereocenters. The molecule has 0 atom stereocenters. The maximum atomic E-state index is 13.7. The van der Waals surface area contributed by atoms with Gasteiger partial charge >= 0.3 is 0 Å². The highest BCUT2D eigenvalue weighted by Crippen LogP contribution is 2.24. The van der Waals surface area contributed by atoms with Gasteiger partial charge in [-0.25, -0.2) is 8.78 Å². The Morgan fingerprint density at radius 3 is 3.00 bits per heavy atom. The summed E-state index contributed by atoms with van der Waals surface area (Å²) in [7, 11) is 0. The van der Waals surface area contributed by atoms with Crippen LogP contribution >= 0.6 is 0 Å². The van der Waals surface area contributed by atoms with Crippen molar-refractivity contribution >= 4 is 0 Å². The third kappa shape index (κ3) is 1.61. The van der Waals surface area contributed by atoms with Crippen LogP contribution in [0.4, 0.5) is 8.78 Å². The number of aromatic nitrogens is 3. The summed E-state index contributed by atoms with van der Waals surface area (Å²) in [5.41, 5.74) is 0.158. The maximum absolute atomic E-state index is 13.7. The van der Waals surface area contributed by atoms with Gasteiger partial charge in [-0.2, -0.15) is 0 Å². The lowest BCUT2D eigenvalue weighted by Gasteiger charge is -2.16. The molecular formula is C11H10F2N4. The highest BCUT2D eigenvalue weighted by Gasteiger charge is 2.20. The summed E-state index contributed by atoms with van der Waals surface area (Å²) in [5.74, 6) is -0.608. The zero-order valence-electron chi connectivity index (χ0n) is 8.95. The topological polar surface area (TPSA) is 42.7 Å². The molecule has 1 aromatic carbocycles. The molecule has 3 rings (SSSR count). The van der Waals surface area contributed by atoms with E-state index in [0.717, 1.165) is 18.4 Å². The van der Waals surface area contributed by atoms with Crippen molar-refractivity contribution < 1.29 is 8.78 Å². The summed E-state index contributed by atoms with van der Waals surface area (Å²) in [6.07, 6.45) is 0. The molecule has 0 saturated carbocycles. The summed E-state index contributed by atoms with van der Waals surface area (Å²) in [6, 6.07) is 4.07. The van der Waals surface area contributed by atoms with Gasteiger partial charge in [-0.1, -0.05) is 6.07 Å². The van der Waals surface area contributed by atoms with E-state index >= 15 is 0 Å². The molecule has 1 aliphatic rings. The van der Waals surface area contributed by atoms with Crippen LogP contribution in [0.3, 0.4) is 0 Å². The molecular weight excluding hydrogens is 226 g/mol. The Labute approximate surface area is 96.3 Å². The van der Waals surface area contributed by atoms with Gasteiger partial charge in [0.05, 0.1) is 12.1 Å². The maximum Gasteiger partial charge on any atom is 0.169 e. The Balaban J connectivity index is 2.15. The molecule has 0 fully saturated rings.